The minimum Gasteiger partial charge on any atom is -0.335 e. The van der Waals surface area contributed by atoms with E-state index in [4.69, 9.17) is 11.6 Å². The van der Waals surface area contributed by atoms with Crippen LogP contribution in [0.2, 0.25) is 5.02 Å². The van der Waals surface area contributed by atoms with Crippen LogP contribution in [0, 0.1) is 25.7 Å². The van der Waals surface area contributed by atoms with E-state index in [1.54, 1.807) is 30.4 Å². The number of piperidine rings is 1. The molecule has 7 nitrogen and oxygen atoms in total. The molecule has 11 heteroatoms. The van der Waals surface area contributed by atoms with Gasteiger partial charge in [-0.1, -0.05) is 25.4 Å². The summed E-state index contributed by atoms with van der Waals surface area (Å²) < 4.78 is 40.2. The molecule has 190 valence electrons. The average molecular weight is 519 g/mol. The number of alkyl halides is 3. The minimum atomic E-state index is -4.77. The fourth-order valence-electron chi connectivity index (χ4n) is 4.97. The average Bonchev–Trinajstić information content (AvgIpc) is 2.81. The molecule has 4 rings (SSSR count). The molecule has 0 aromatic carbocycles. The number of rotatable bonds is 4. The van der Waals surface area contributed by atoms with Crippen LogP contribution < -0.4 is 0 Å². The molecule has 0 bridgehead atoms. The maximum absolute atomic E-state index is 13.7. The number of pyridine rings is 1. The van der Waals surface area contributed by atoms with E-state index in [-0.39, 0.29) is 23.4 Å². The predicted molar refractivity (Wildman–Crippen MR) is 128 cm³/mol. The molecule has 36 heavy (non-hydrogen) atoms. The van der Waals surface area contributed by atoms with E-state index in [2.05, 4.69) is 24.9 Å². The molecule has 4 heterocycles. The van der Waals surface area contributed by atoms with Gasteiger partial charge in [0.05, 0.1) is 22.5 Å². The van der Waals surface area contributed by atoms with Crippen molar-refractivity contribution in [3.8, 4) is 11.4 Å². The van der Waals surface area contributed by atoms with Gasteiger partial charge in [-0.2, -0.15) is 13.2 Å². The van der Waals surface area contributed by atoms with Crippen LogP contribution in [0.3, 0.4) is 0 Å². The Balaban J connectivity index is 1.76. The lowest BCUT2D eigenvalue weighted by Gasteiger charge is -2.43. The van der Waals surface area contributed by atoms with Crippen LogP contribution in [-0.4, -0.2) is 48.3 Å². The van der Waals surface area contributed by atoms with Crippen LogP contribution in [0.4, 0.5) is 13.2 Å². The van der Waals surface area contributed by atoms with Gasteiger partial charge in [0.1, 0.15) is 11.5 Å². The van der Waals surface area contributed by atoms with E-state index in [0.717, 1.165) is 23.9 Å². The smallest absolute Gasteiger partial charge is 0.335 e. The first-order chi connectivity index (χ1) is 17.0. The third-order valence-corrected chi connectivity index (χ3v) is 6.92. The number of carbonyl (C=O) groups is 1. The van der Waals surface area contributed by atoms with Crippen LogP contribution in [-0.2, 0) is 12.6 Å². The Morgan fingerprint density at radius 2 is 1.89 bits per heavy atom. The molecule has 0 aliphatic carbocycles. The first-order valence-electron chi connectivity index (χ1n) is 11.6. The topological polar surface area (TPSA) is 84.8 Å². The monoisotopic (exact) mass is 518 g/mol. The largest absolute Gasteiger partial charge is 0.434 e. The molecule has 1 amide bonds. The summed E-state index contributed by atoms with van der Waals surface area (Å²) in [5.41, 5.74) is 1.31. The molecule has 0 radical (unpaired) electrons. The normalized spacial score (nSPS) is 20.4. The lowest BCUT2D eigenvalue weighted by molar-refractivity contribution is -0.141. The number of carbonyl (C=O) groups excluding carboxylic acids is 1. The van der Waals surface area contributed by atoms with Crippen LogP contribution in [0.5, 0.6) is 0 Å². The standard InChI is InChI=1S/C25H26ClF3N6O/c1-13-9-14(2)20(10-18-15(3)33-16(4)34-22(18)19-11-30-7-8-31-19)35(12-13)24(36)17-5-6-32-23(21(17)26)25(27,28)29/h5-8,11,13-14,20H,9-10,12H2,1-4H3/t13-,14?,20+/m1/s1. The summed E-state index contributed by atoms with van der Waals surface area (Å²) in [5, 5.41) is -0.685. The van der Waals surface area contributed by atoms with Crippen LogP contribution in [0.15, 0.2) is 30.9 Å². The summed E-state index contributed by atoms with van der Waals surface area (Å²) in [5.74, 6) is 0.259. The van der Waals surface area contributed by atoms with Crippen molar-refractivity contribution in [1.82, 2.24) is 29.8 Å². The molecule has 0 saturated carbocycles. The van der Waals surface area contributed by atoms with Gasteiger partial charge in [-0.25, -0.2) is 9.97 Å². The molecule has 3 atom stereocenters. The van der Waals surface area contributed by atoms with Crippen molar-refractivity contribution in [3.63, 3.8) is 0 Å². The van der Waals surface area contributed by atoms with Crippen molar-refractivity contribution in [2.45, 2.75) is 52.8 Å². The number of aromatic nitrogens is 5. The zero-order chi connectivity index (χ0) is 26.2. The number of hydrogen-bond acceptors (Lipinski definition) is 6. The van der Waals surface area contributed by atoms with Crippen molar-refractivity contribution >= 4 is 17.5 Å². The number of aryl methyl sites for hydroxylation is 2. The van der Waals surface area contributed by atoms with Crippen molar-refractivity contribution in [3.05, 3.63) is 64.2 Å². The number of amides is 1. The van der Waals surface area contributed by atoms with Crippen molar-refractivity contribution < 1.29 is 18.0 Å². The molecule has 3 aromatic heterocycles. The molecule has 1 aliphatic heterocycles. The van der Waals surface area contributed by atoms with E-state index < -0.39 is 22.8 Å². The maximum Gasteiger partial charge on any atom is 0.434 e. The summed E-state index contributed by atoms with van der Waals surface area (Å²) in [4.78, 5) is 36.4. The summed E-state index contributed by atoms with van der Waals surface area (Å²) >= 11 is 6.07. The minimum absolute atomic E-state index is 0.0656. The van der Waals surface area contributed by atoms with Crippen LogP contribution >= 0.6 is 11.6 Å². The Hall–Kier alpha value is -3.14. The lowest BCUT2D eigenvalue weighted by Crippen LogP contribution is -2.51. The zero-order valence-corrected chi connectivity index (χ0v) is 21.1. The van der Waals surface area contributed by atoms with E-state index in [0.29, 0.717) is 30.2 Å². The molecule has 0 N–H and O–H groups in total. The fourth-order valence-corrected chi connectivity index (χ4v) is 5.27. The Morgan fingerprint density at radius 3 is 2.56 bits per heavy atom. The molecule has 0 spiro atoms. The summed E-state index contributed by atoms with van der Waals surface area (Å²) in [7, 11) is 0. The van der Waals surface area contributed by atoms with Crippen LogP contribution in [0.25, 0.3) is 11.4 Å². The number of likely N-dealkylation sites (tertiary alicyclic amines) is 1. The highest BCUT2D eigenvalue weighted by atomic mass is 35.5. The predicted octanol–water partition coefficient (Wildman–Crippen LogP) is 5.35. The molecular weight excluding hydrogens is 493 g/mol. The zero-order valence-electron chi connectivity index (χ0n) is 20.3. The Morgan fingerprint density at radius 1 is 1.14 bits per heavy atom. The molecule has 1 unspecified atom stereocenters. The molecule has 1 aliphatic rings. The second-order valence-electron chi connectivity index (χ2n) is 9.34. The lowest BCUT2D eigenvalue weighted by atomic mass is 9.81. The van der Waals surface area contributed by atoms with Gasteiger partial charge in [0, 0.05) is 42.4 Å². The van der Waals surface area contributed by atoms with Gasteiger partial charge in [-0.15, -0.1) is 0 Å². The number of nitrogens with zero attached hydrogens (tertiary/aromatic N) is 6. The van der Waals surface area contributed by atoms with Crippen molar-refractivity contribution in [1.29, 1.82) is 0 Å². The maximum atomic E-state index is 13.7. The van der Waals surface area contributed by atoms with Gasteiger partial charge in [-0.05, 0) is 44.6 Å². The van der Waals surface area contributed by atoms with Crippen LogP contribution in [0.1, 0.15) is 53.4 Å². The molecule has 1 fully saturated rings. The second-order valence-corrected chi connectivity index (χ2v) is 9.72. The van der Waals surface area contributed by atoms with Gasteiger partial charge in [0.15, 0.2) is 5.69 Å². The van der Waals surface area contributed by atoms with E-state index >= 15 is 0 Å². The SMILES string of the molecule is Cc1nc(C)c(C[C@H]2C(C)C[C@@H](C)CN2C(=O)c2ccnc(C(F)(F)F)c2Cl)c(-c2cnccn2)n1. The molecular formula is C25H26ClF3N6O. The summed E-state index contributed by atoms with van der Waals surface area (Å²) in [6.07, 6.45) is 2.24. The highest BCUT2D eigenvalue weighted by Crippen LogP contribution is 2.37. The van der Waals surface area contributed by atoms with E-state index in [9.17, 15) is 18.0 Å². The summed E-state index contributed by atoms with van der Waals surface area (Å²) in [6, 6.07) is 0.930. The highest BCUT2D eigenvalue weighted by Gasteiger charge is 2.40. The Kier molecular flexibility index (Phi) is 7.26. The number of halogens is 4. The molecule has 1 saturated heterocycles. The van der Waals surface area contributed by atoms with E-state index in [1.807, 2.05) is 20.8 Å². The van der Waals surface area contributed by atoms with Gasteiger partial charge in [-0.3, -0.25) is 19.7 Å². The van der Waals surface area contributed by atoms with Gasteiger partial charge in [0.2, 0.25) is 0 Å². The number of hydrogen-bond donors (Lipinski definition) is 0. The Labute approximate surface area is 212 Å². The molecule has 3 aromatic rings. The van der Waals surface area contributed by atoms with Gasteiger partial charge >= 0.3 is 6.18 Å². The fraction of sp³-hybridized carbons (Fsp3) is 0.440. The Bertz CT molecular complexity index is 1270. The van der Waals surface area contributed by atoms with Gasteiger partial charge < -0.3 is 4.90 Å². The first kappa shape index (κ1) is 25.9. The van der Waals surface area contributed by atoms with Crippen molar-refractivity contribution in [2.75, 3.05) is 6.54 Å². The highest BCUT2D eigenvalue weighted by molar-refractivity contribution is 6.34. The van der Waals surface area contributed by atoms with E-state index in [1.165, 1.54) is 6.07 Å². The third kappa shape index (κ3) is 5.18. The summed E-state index contributed by atoms with van der Waals surface area (Å²) in [6.45, 7) is 8.12. The van der Waals surface area contributed by atoms with Crippen molar-refractivity contribution in [2.24, 2.45) is 11.8 Å². The second kappa shape index (κ2) is 10.1. The third-order valence-electron chi connectivity index (χ3n) is 6.53. The quantitative estimate of drug-likeness (QED) is 0.463. The first-order valence-corrected chi connectivity index (χ1v) is 12.0. The van der Waals surface area contributed by atoms with Gasteiger partial charge in [0.25, 0.3) is 5.91 Å².